The highest BCUT2D eigenvalue weighted by Crippen LogP contribution is 1.85. The number of hydrogen-bond acceptors (Lipinski definition) is 4. The molecule has 0 aliphatic rings. The van der Waals surface area contributed by atoms with Crippen LogP contribution in [0.1, 0.15) is 20.8 Å². The van der Waals surface area contributed by atoms with Gasteiger partial charge in [0.2, 0.25) is 5.91 Å². The number of ether oxygens (including phenoxy) is 1. The third-order valence-corrected chi connectivity index (χ3v) is 1.47. The van der Waals surface area contributed by atoms with Gasteiger partial charge in [-0.05, 0) is 20.8 Å². The molecule has 14 heavy (non-hydrogen) atoms. The Kier molecular flexibility index (Phi) is 7.37. The first kappa shape index (κ1) is 13.4. The van der Waals surface area contributed by atoms with Gasteiger partial charge in [-0.3, -0.25) is 9.63 Å². The van der Waals surface area contributed by atoms with E-state index in [9.17, 15) is 4.79 Å². The third kappa shape index (κ3) is 6.82. The number of nitrogens with one attached hydrogen (secondary N) is 2. The molecule has 0 rings (SSSR count). The fraction of sp³-hybridized carbons (Fsp3) is 0.889. The van der Waals surface area contributed by atoms with Crippen molar-refractivity contribution >= 4 is 5.91 Å². The quantitative estimate of drug-likeness (QED) is 0.455. The molecule has 0 aromatic heterocycles. The molecule has 0 aliphatic carbocycles. The molecule has 0 spiro atoms. The van der Waals surface area contributed by atoms with E-state index >= 15 is 0 Å². The molecule has 2 N–H and O–H groups in total. The smallest absolute Gasteiger partial charge is 0.239 e. The monoisotopic (exact) mass is 204 g/mol. The lowest BCUT2D eigenvalue weighted by Crippen LogP contribution is -2.44. The minimum atomic E-state index is -0.353. The van der Waals surface area contributed by atoms with Gasteiger partial charge in [0.25, 0.3) is 0 Å². The van der Waals surface area contributed by atoms with Crippen LogP contribution in [0.2, 0.25) is 0 Å². The standard InChI is InChI=1S/C9H20N2O3/c1-7(2)10-9(12)8(3)11-14-6-5-13-4/h7-8,11H,5-6H2,1-4H3,(H,10,12). The topological polar surface area (TPSA) is 59.6 Å². The Hall–Kier alpha value is -0.650. The van der Waals surface area contributed by atoms with Gasteiger partial charge in [0.1, 0.15) is 6.04 Å². The molecule has 0 radical (unpaired) electrons. The second kappa shape index (κ2) is 7.73. The molecule has 5 heteroatoms. The van der Waals surface area contributed by atoms with E-state index in [1.807, 2.05) is 13.8 Å². The van der Waals surface area contributed by atoms with Crippen LogP contribution in [-0.4, -0.2) is 38.3 Å². The summed E-state index contributed by atoms with van der Waals surface area (Å²) in [5.41, 5.74) is 2.63. The zero-order valence-corrected chi connectivity index (χ0v) is 9.29. The fourth-order valence-electron chi connectivity index (χ4n) is 0.772. The van der Waals surface area contributed by atoms with Gasteiger partial charge in [-0.2, -0.15) is 5.48 Å². The largest absolute Gasteiger partial charge is 0.382 e. The number of amides is 1. The molecular weight excluding hydrogens is 184 g/mol. The lowest BCUT2D eigenvalue weighted by molar-refractivity contribution is -0.127. The highest BCUT2D eigenvalue weighted by molar-refractivity contribution is 5.81. The summed E-state index contributed by atoms with van der Waals surface area (Å²) in [4.78, 5) is 16.3. The van der Waals surface area contributed by atoms with Gasteiger partial charge in [-0.15, -0.1) is 0 Å². The summed E-state index contributed by atoms with van der Waals surface area (Å²) < 4.78 is 4.78. The van der Waals surface area contributed by atoms with Crippen molar-refractivity contribution in [3.05, 3.63) is 0 Å². The van der Waals surface area contributed by atoms with Gasteiger partial charge in [-0.25, -0.2) is 0 Å². The Morgan fingerprint density at radius 1 is 1.29 bits per heavy atom. The zero-order valence-electron chi connectivity index (χ0n) is 9.29. The summed E-state index contributed by atoms with van der Waals surface area (Å²) in [6.45, 7) is 6.50. The van der Waals surface area contributed by atoms with Gasteiger partial charge >= 0.3 is 0 Å². The van der Waals surface area contributed by atoms with E-state index in [4.69, 9.17) is 9.57 Å². The van der Waals surface area contributed by atoms with E-state index < -0.39 is 0 Å². The number of methoxy groups -OCH3 is 1. The first-order valence-corrected chi connectivity index (χ1v) is 4.74. The van der Waals surface area contributed by atoms with Gasteiger partial charge in [-0.1, -0.05) is 0 Å². The van der Waals surface area contributed by atoms with Gasteiger partial charge in [0.15, 0.2) is 0 Å². The van der Waals surface area contributed by atoms with E-state index in [1.165, 1.54) is 0 Å². The van der Waals surface area contributed by atoms with Crippen LogP contribution in [0.3, 0.4) is 0 Å². The summed E-state index contributed by atoms with van der Waals surface area (Å²) in [5.74, 6) is -0.0718. The van der Waals surface area contributed by atoms with E-state index in [2.05, 4.69) is 10.8 Å². The van der Waals surface area contributed by atoms with Crippen LogP contribution in [0.15, 0.2) is 0 Å². The van der Waals surface area contributed by atoms with Gasteiger partial charge in [0, 0.05) is 13.2 Å². The minimum Gasteiger partial charge on any atom is -0.382 e. The lowest BCUT2D eigenvalue weighted by atomic mass is 10.3. The molecule has 0 fully saturated rings. The van der Waals surface area contributed by atoms with Crippen LogP contribution in [0, 0.1) is 0 Å². The van der Waals surface area contributed by atoms with Gasteiger partial charge < -0.3 is 10.1 Å². The average Bonchev–Trinajstić information content (AvgIpc) is 2.11. The van der Waals surface area contributed by atoms with Crippen LogP contribution in [0.25, 0.3) is 0 Å². The van der Waals surface area contributed by atoms with Crippen molar-refractivity contribution in [1.29, 1.82) is 0 Å². The summed E-state index contributed by atoms with van der Waals surface area (Å²) in [6, 6.07) is -0.208. The Bertz CT molecular complexity index is 162. The number of carbonyl (C=O) groups is 1. The van der Waals surface area contributed by atoms with E-state index in [0.717, 1.165) is 0 Å². The Morgan fingerprint density at radius 2 is 1.93 bits per heavy atom. The van der Waals surface area contributed by atoms with Gasteiger partial charge in [0.05, 0.1) is 13.2 Å². The van der Waals surface area contributed by atoms with Crippen molar-refractivity contribution in [3.8, 4) is 0 Å². The Morgan fingerprint density at radius 3 is 2.43 bits per heavy atom. The van der Waals surface area contributed by atoms with Crippen molar-refractivity contribution in [3.63, 3.8) is 0 Å². The van der Waals surface area contributed by atoms with Crippen molar-refractivity contribution in [2.24, 2.45) is 0 Å². The second-order valence-corrected chi connectivity index (χ2v) is 3.34. The molecule has 5 nitrogen and oxygen atoms in total. The van der Waals surface area contributed by atoms with Crippen molar-refractivity contribution < 1.29 is 14.4 Å². The minimum absolute atomic E-state index is 0.0718. The lowest BCUT2D eigenvalue weighted by Gasteiger charge is -2.15. The number of carbonyl (C=O) groups excluding carboxylic acids is 1. The molecule has 0 heterocycles. The van der Waals surface area contributed by atoms with E-state index in [1.54, 1.807) is 14.0 Å². The summed E-state index contributed by atoms with van der Waals surface area (Å²) >= 11 is 0. The molecule has 0 aromatic rings. The molecule has 0 aromatic carbocycles. The molecule has 0 bridgehead atoms. The normalized spacial score (nSPS) is 12.9. The third-order valence-electron chi connectivity index (χ3n) is 1.47. The number of hydrogen-bond donors (Lipinski definition) is 2. The predicted octanol–water partition coefficient (Wildman–Crippen LogP) is 0.0671. The highest BCUT2D eigenvalue weighted by atomic mass is 16.7. The molecule has 1 amide bonds. The molecule has 0 saturated carbocycles. The maximum atomic E-state index is 11.3. The van der Waals surface area contributed by atoms with Crippen LogP contribution in [-0.2, 0) is 14.4 Å². The Balaban J connectivity index is 3.52. The number of hydroxylamine groups is 1. The first-order chi connectivity index (χ1) is 6.57. The van der Waals surface area contributed by atoms with Crippen LogP contribution >= 0.6 is 0 Å². The van der Waals surface area contributed by atoms with Crippen LogP contribution in [0.5, 0.6) is 0 Å². The molecule has 84 valence electrons. The van der Waals surface area contributed by atoms with Crippen molar-refractivity contribution in [2.75, 3.05) is 20.3 Å². The highest BCUT2D eigenvalue weighted by Gasteiger charge is 2.12. The summed E-state index contributed by atoms with van der Waals surface area (Å²) in [5, 5.41) is 2.77. The molecule has 1 unspecified atom stereocenters. The predicted molar refractivity (Wildman–Crippen MR) is 53.7 cm³/mol. The maximum Gasteiger partial charge on any atom is 0.239 e. The Labute approximate surface area is 85.1 Å². The maximum absolute atomic E-state index is 11.3. The molecule has 1 atom stereocenters. The summed E-state index contributed by atoms with van der Waals surface area (Å²) in [7, 11) is 1.60. The van der Waals surface area contributed by atoms with Crippen molar-refractivity contribution in [1.82, 2.24) is 10.8 Å². The number of rotatable bonds is 7. The fourth-order valence-corrected chi connectivity index (χ4v) is 0.772. The molecule has 0 aliphatic heterocycles. The van der Waals surface area contributed by atoms with Crippen molar-refractivity contribution in [2.45, 2.75) is 32.9 Å². The van der Waals surface area contributed by atoms with Crippen LogP contribution in [0.4, 0.5) is 0 Å². The van der Waals surface area contributed by atoms with E-state index in [-0.39, 0.29) is 18.0 Å². The van der Waals surface area contributed by atoms with Crippen LogP contribution < -0.4 is 10.8 Å². The average molecular weight is 204 g/mol. The molecule has 0 saturated heterocycles. The molecular formula is C9H20N2O3. The SMILES string of the molecule is COCCONC(C)C(=O)NC(C)C. The summed E-state index contributed by atoms with van der Waals surface area (Å²) in [6.07, 6.45) is 0. The second-order valence-electron chi connectivity index (χ2n) is 3.34. The zero-order chi connectivity index (χ0) is 11.0. The van der Waals surface area contributed by atoms with E-state index in [0.29, 0.717) is 13.2 Å². The first-order valence-electron chi connectivity index (χ1n) is 4.74.